The Morgan fingerprint density at radius 1 is 1.31 bits per heavy atom. The Labute approximate surface area is 181 Å². The normalized spacial score (nSPS) is 16.7. The van der Waals surface area contributed by atoms with Crippen LogP contribution >= 0.6 is 39.9 Å². The zero-order chi connectivity index (χ0) is 17.9. The number of benzene rings is 1. The molecule has 8 heteroatoms. The Morgan fingerprint density at radius 3 is 2.81 bits per heavy atom. The summed E-state index contributed by atoms with van der Waals surface area (Å²) < 4.78 is 6.49. The predicted molar refractivity (Wildman–Crippen MR) is 119 cm³/mol. The first-order valence-electron chi connectivity index (χ1n) is 8.86. The maximum absolute atomic E-state index is 12.0. The molecule has 1 atom stereocenters. The summed E-state index contributed by atoms with van der Waals surface area (Å²) in [5, 5.41) is 9.45. The van der Waals surface area contributed by atoms with Crippen LogP contribution in [-0.2, 0) is 4.74 Å². The van der Waals surface area contributed by atoms with E-state index in [0.717, 1.165) is 49.4 Å². The number of aliphatic imine (C=N–C) groups is 1. The summed E-state index contributed by atoms with van der Waals surface area (Å²) in [5.41, 5.74) is 0.661. The third kappa shape index (κ3) is 8.68. The zero-order valence-electron chi connectivity index (χ0n) is 15.1. The van der Waals surface area contributed by atoms with Crippen molar-refractivity contribution in [2.75, 3.05) is 32.8 Å². The molecule has 1 aromatic rings. The van der Waals surface area contributed by atoms with Gasteiger partial charge in [-0.15, -0.1) is 24.0 Å². The molecule has 1 aliphatic heterocycles. The van der Waals surface area contributed by atoms with Gasteiger partial charge in [0.1, 0.15) is 0 Å². The van der Waals surface area contributed by atoms with Gasteiger partial charge in [0, 0.05) is 36.3 Å². The molecule has 0 spiro atoms. The van der Waals surface area contributed by atoms with Crippen molar-refractivity contribution in [2.24, 2.45) is 4.99 Å². The number of amides is 1. The van der Waals surface area contributed by atoms with Crippen molar-refractivity contribution >= 4 is 51.8 Å². The van der Waals surface area contributed by atoms with Crippen molar-refractivity contribution in [2.45, 2.75) is 32.3 Å². The molecule has 1 fully saturated rings. The molecule has 6 nitrogen and oxygen atoms in total. The molecule has 0 radical (unpaired) electrons. The van der Waals surface area contributed by atoms with E-state index in [1.165, 1.54) is 0 Å². The van der Waals surface area contributed by atoms with Crippen LogP contribution in [0.15, 0.2) is 33.7 Å². The lowest BCUT2D eigenvalue weighted by molar-refractivity contribution is 0.0953. The lowest BCUT2D eigenvalue weighted by Crippen LogP contribution is -2.39. The summed E-state index contributed by atoms with van der Waals surface area (Å²) in [5.74, 6) is 0.747. The number of carbonyl (C=O) groups excluding carboxylic acids is 1. The van der Waals surface area contributed by atoms with Gasteiger partial charge in [-0.2, -0.15) is 0 Å². The SMILES string of the molecule is CCNC(=NCC1CCCO1)NCCCNC(=O)c1cccc(Br)c1.I. The van der Waals surface area contributed by atoms with Crippen molar-refractivity contribution in [1.29, 1.82) is 0 Å². The highest BCUT2D eigenvalue weighted by molar-refractivity contribution is 14.0. The van der Waals surface area contributed by atoms with Crippen LogP contribution in [0.2, 0.25) is 0 Å². The largest absolute Gasteiger partial charge is 0.376 e. The lowest BCUT2D eigenvalue weighted by Gasteiger charge is -2.13. The summed E-state index contributed by atoms with van der Waals surface area (Å²) in [7, 11) is 0. The highest BCUT2D eigenvalue weighted by atomic mass is 127. The highest BCUT2D eigenvalue weighted by Gasteiger charge is 2.14. The molecular formula is C18H28BrIN4O2. The molecule has 0 saturated carbocycles. The zero-order valence-corrected chi connectivity index (χ0v) is 19.0. The third-order valence-electron chi connectivity index (χ3n) is 3.84. The van der Waals surface area contributed by atoms with Crippen molar-refractivity contribution in [1.82, 2.24) is 16.0 Å². The Morgan fingerprint density at radius 2 is 2.12 bits per heavy atom. The molecule has 0 bridgehead atoms. The molecule has 146 valence electrons. The minimum Gasteiger partial charge on any atom is -0.376 e. The maximum Gasteiger partial charge on any atom is 0.251 e. The molecule has 1 aliphatic rings. The summed E-state index contributed by atoms with van der Waals surface area (Å²) >= 11 is 3.37. The van der Waals surface area contributed by atoms with Crippen LogP contribution in [0.3, 0.4) is 0 Å². The monoisotopic (exact) mass is 538 g/mol. The van der Waals surface area contributed by atoms with Gasteiger partial charge in [-0.1, -0.05) is 22.0 Å². The molecule has 1 aromatic carbocycles. The minimum atomic E-state index is -0.0553. The van der Waals surface area contributed by atoms with Gasteiger partial charge in [-0.25, -0.2) is 0 Å². The molecule has 26 heavy (non-hydrogen) atoms. The van der Waals surface area contributed by atoms with Crippen LogP contribution in [0.1, 0.15) is 36.5 Å². The van der Waals surface area contributed by atoms with Gasteiger partial charge in [-0.3, -0.25) is 9.79 Å². The van der Waals surface area contributed by atoms with E-state index in [4.69, 9.17) is 4.74 Å². The number of carbonyl (C=O) groups is 1. The van der Waals surface area contributed by atoms with Gasteiger partial charge in [0.2, 0.25) is 0 Å². The second kappa shape index (κ2) is 13.3. The van der Waals surface area contributed by atoms with E-state index < -0.39 is 0 Å². The average molecular weight is 539 g/mol. The van der Waals surface area contributed by atoms with Crippen molar-refractivity contribution in [3.63, 3.8) is 0 Å². The van der Waals surface area contributed by atoms with Gasteiger partial charge < -0.3 is 20.7 Å². The molecule has 0 aromatic heterocycles. The number of hydrogen-bond donors (Lipinski definition) is 3. The summed E-state index contributed by atoms with van der Waals surface area (Å²) in [6.07, 6.45) is 3.29. The Bertz CT molecular complexity index is 580. The van der Waals surface area contributed by atoms with E-state index in [0.29, 0.717) is 18.7 Å². The van der Waals surface area contributed by atoms with Crippen LogP contribution in [0.5, 0.6) is 0 Å². The second-order valence-electron chi connectivity index (χ2n) is 5.90. The van der Waals surface area contributed by atoms with E-state index in [1.54, 1.807) is 6.07 Å². The Kier molecular flexibility index (Phi) is 11.9. The summed E-state index contributed by atoms with van der Waals surface area (Å²) in [4.78, 5) is 16.6. The van der Waals surface area contributed by atoms with Crippen LogP contribution in [0, 0.1) is 0 Å². The molecule has 0 aliphatic carbocycles. The van der Waals surface area contributed by atoms with Crippen LogP contribution in [-0.4, -0.2) is 50.8 Å². The fraction of sp³-hybridized carbons (Fsp3) is 0.556. The molecule has 2 rings (SSSR count). The van der Waals surface area contributed by atoms with Crippen molar-refractivity contribution in [3.05, 3.63) is 34.3 Å². The van der Waals surface area contributed by atoms with E-state index >= 15 is 0 Å². The first-order chi connectivity index (χ1) is 12.2. The number of guanidine groups is 1. The first kappa shape index (κ1) is 23.2. The maximum atomic E-state index is 12.0. The van der Waals surface area contributed by atoms with Gasteiger partial charge in [0.25, 0.3) is 5.91 Å². The molecule has 1 amide bonds. The average Bonchev–Trinajstić information content (AvgIpc) is 3.12. The number of ether oxygens (including phenoxy) is 1. The summed E-state index contributed by atoms with van der Waals surface area (Å²) in [6.45, 7) is 5.76. The van der Waals surface area contributed by atoms with Crippen molar-refractivity contribution < 1.29 is 9.53 Å². The quantitative estimate of drug-likeness (QED) is 0.206. The molecular weight excluding hydrogens is 511 g/mol. The highest BCUT2D eigenvalue weighted by Crippen LogP contribution is 2.12. The second-order valence-corrected chi connectivity index (χ2v) is 6.82. The standard InChI is InChI=1S/C18H27BrN4O2.HI/c1-2-20-18(23-13-16-8-4-11-25-16)22-10-5-9-21-17(24)14-6-3-7-15(19)12-14;/h3,6-7,12,16H,2,4-5,8-11,13H2,1H3,(H,21,24)(H2,20,22,23);1H. The molecule has 1 saturated heterocycles. The first-order valence-corrected chi connectivity index (χ1v) is 9.66. The van der Waals surface area contributed by atoms with Crippen LogP contribution < -0.4 is 16.0 Å². The van der Waals surface area contributed by atoms with E-state index in [-0.39, 0.29) is 36.0 Å². The van der Waals surface area contributed by atoms with Gasteiger partial charge in [0.15, 0.2) is 5.96 Å². The lowest BCUT2D eigenvalue weighted by atomic mass is 10.2. The van der Waals surface area contributed by atoms with Crippen molar-refractivity contribution in [3.8, 4) is 0 Å². The fourth-order valence-electron chi connectivity index (χ4n) is 2.55. The van der Waals surface area contributed by atoms with E-state index in [2.05, 4.69) is 36.9 Å². The minimum absolute atomic E-state index is 0. The smallest absolute Gasteiger partial charge is 0.251 e. The van der Waals surface area contributed by atoms with Crippen LogP contribution in [0.25, 0.3) is 0 Å². The number of nitrogens with zero attached hydrogens (tertiary/aromatic N) is 1. The Balaban J connectivity index is 0.00000338. The summed E-state index contributed by atoms with van der Waals surface area (Å²) in [6, 6.07) is 7.38. The third-order valence-corrected chi connectivity index (χ3v) is 4.33. The fourth-order valence-corrected chi connectivity index (χ4v) is 2.95. The van der Waals surface area contributed by atoms with Gasteiger partial charge in [0.05, 0.1) is 12.6 Å². The number of hydrogen-bond acceptors (Lipinski definition) is 3. The van der Waals surface area contributed by atoms with Crippen LogP contribution in [0.4, 0.5) is 0 Å². The Hall–Kier alpha value is -0.870. The number of nitrogens with one attached hydrogen (secondary N) is 3. The van der Waals surface area contributed by atoms with Gasteiger partial charge >= 0.3 is 0 Å². The van der Waals surface area contributed by atoms with E-state index in [1.807, 2.05) is 25.1 Å². The number of halogens is 2. The van der Waals surface area contributed by atoms with E-state index in [9.17, 15) is 4.79 Å². The van der Waals surface area contributed by atoms with Gasteiger partial charge in [-0.05, 0) is 44.4 Å². The predicted octanol–water partition coefficient (Wildman–Crippen LogP) is 2.92. The topological polar surface area (TPSA) is 74.8 Å². The number of rotatable bonds is 8. The molecule has 1 unspecified atom stereocenters. The molecule has 3 N–H and O–H groups in total. The molecule has 1 heterocycles.